The summed E-state index contributed by atoms with van der Waals surface area (Å²) in [6.07, 6.45) is 1.44. The van der Waals surface area contributed by atoms with Crippen molar-refractivity contribution < 1.29 is 4.79 Å². The van der Waals surface area contributed by atoms with Gasteiger partial charge in [-0.05, 0) is 56.1 Å². The Kier molecular flexibility index (Phi) is 4.59. The van der Waals surface area contributed by atoms with E-state index in [0.29, 0.717) is 17.1 Å². The van der Waals surface area contributed by atoms with Crippen molar-refractivity contribution in [2.75, 3.05) is 11.1 Å². The van der Waals surface area contributed by atoms with Crippen molar-refractivity contribution in [1.82, 2.24) is 4.98 Å². The summed E-state index contributed by atoms with van der Waals surface area (Å²) in [5.74, 6) is 0.124. The first-order valence-corrected chi connectivity index (χ1v) is 7.52. The van der Waals surface area contributed by atoms with Gasteiger partial charge in [-0.1, -0.05) is 15.9 Å². The summed E-state index contributed by atoms with van der Waals surface area (Å²) < 4.78 is 2.44. The van der Waals surface area contributed by atoms with Crippen LogP contribution in [-0.4, -0.2) is 10.9 Å². The summed E-state index contributed by atoms with van der Waals surface area (Å²) in [5.41, 5.74) is 6.58. The van der Waals surface area contributed by atoms with E-state index in [0.717, 1.165) is 13.4 Å². The van der Waals surface area contributed by atoms with Gasteiger partial charge in [-0.3, -0.25) is 4.79 Å². The lowest BCUT2D eigenvalue weighted by Crippen LogP contribution is -2.13. The second-order valence-electron chi connectivity index (χ2n) is 3.67. The fraction of sp³-hybridized carbons (Fsp3) is 0. The predicted octanol–water partition coefficient (Wildman–Crippen LogP) is 4.20. The minimum Gasteiger partial charge on any atom is -0.384 e. The van der Waals surface area contributed by atoms with E-state index in [9.17, 15) is 4.79 Å². The fourth-order valence-electron chi connectivity index (χ4n) is 1.39. The standard InChI is InChI=1S/C12H8Br3N3O/c13-7-3-8(14)11(9(15)4-7)18-12(19)6-1-2-10(16)17-5-6/h1-5H,(H2,16,17)(H,18,19). The van der Waals surface area contributed by atoms with Crippen molar-refractivity contribution in [3.63, 3.8) is 0 Å². The molecule has 7 heteroatoms. The number of halogens is 3. The van der Waals surface area contributed by atoms with Gasteiger partial charge in [-0.25, -0.2) is 4.98 Å². The molecular weight excluding hydrogens is 442 g/mol. The predicted molar refractivity (Wildman–Crippen MR) is 86.1 cm³/mol. The molecule has 0 aliphatic heterocycles. The van der Waals surface area contributed by atoms with E-state index >= 15 is 0 Å². The number of aromatic nitrogens is 1. The minimum absolute atomic E-state index is 0.253. The molecule has 0 saturated heterocycles. The number of rotatable bonds is 2. The van der Waals surface area contributed by atoms with Crippen molar-refractivity contribution in [2.24, 2.45) is 0 Å². The van der Waals surface area contributed by atoms with Gasteiger partial charge in [0.15, 0.2) is 0 Å². The molecular formula is C12H8Br3N3O. The Morgan fingerprint density at radius 1 is 1.16 bits per heavy atom. The molecule has 1 amide bonds. The van der Waals surface area contributed by atoms with Gasteiger partial charge >= 0.3 is 0 Å². The highest BCUT2D eigenvalue weighted by Crippen LogP contribution is 2.34. The highest BCUT2D eigenvalue weighted by atomic mass is 79.9. The van der Waals surface area contributed by atoms with Gasteiger partial charge in [0.1, 0.15) is 5.82 Å². The monoisotopic (exact) mass is 447 g/mol. The van der Waals surface area contributed by atoms with Gasteiger partial charge in [0, 0.05) is 19.6 Å². The summed E-state index contributed by atoms with van der Waals surface area (Å²) in [4.78, 5) is 16.0. The molecule has 0 radical (unpaired) electrons. The van der Waals surface area contributed by atoms with Gasteiger partial charge < -0.3 is 11.1 Å². The largest absolute Gasteiger partial charge is 0.384 e. The first-order chi connectivity index (χ1) is 8.97. The van der Waals surface area contributed by atoms with Gasteiger partial charge in [0.25, 0.3) is 5.91 Å². The summed E-state index contributed by atoms with van der Waals surface area (Å²) in [7, 11) is 0. The molecule has 3 N–H and O–H groups in total. The molecule has 0 atom stereocenters. The maximum Gasteiger partial charge on any atom is 0.257 e. The Morgan fingerprint density at radius 2 is 1.79 bits per heavy atom. The van der Waals surface area contributed by atoms with Crippen LogP contribution in [0.4, 0.5) is 11.5 Å². The van der Waals surface area contributed by atoms with Crippen molar-refractivity contribution in [1.29, 1.82) is 0 Å². The molecule has 1 aromatic carbocycles. The summed E-state index contributed by atoms with van der Waals surface area (Å²) in [5, 5.41) is 2.81. The number of nitrogen functional groups attached to an aromatic ring is 1. The van der Waals surface area contributed by atoms with E-state index in [1.54, 1.807) is 12.1 Å². The number of anilines is 2. The average Bonchev–Trinajstić information content (AvgIpc) is 2.34. The van der Waals surface area contributed by atoms with Crippen molar-refractivity contribution in [3.05, 3.63) is 49.4 Å². The molecule has 1 heterocycles. The number of amides is 1. The third-order valence-electron chi connectivity index (χ3n) is 2.29. The Balaban J connectivity index is 2.26. The minimum atomic E-state index is -0.253. The summed E-state index contributed by atoms with van der Waals surface area (Å²) >= 11 is 10.2. The second kappa shape index (κ2) is 6.02. The number of carbonyl (C=O) groups is 1. The molecule has 4 nitrogen and oxygen atoms in total. The van der Waals surface area contributed by atoms with E-state index in [4.69, 9.17) is 5.73 Å². The number of hydrogen-bond acceptors (Lipinski definition) is 3. The quantitative estimate of drug-likeness (QED) is 0.721. The van der Waals surface area contributed by atoms with E-state index in [2.05, 4.69) is 58.1 Å². The number of nitrogens with zero attached hydrogens (tertiary/aromatic N) is 1. The SMILES string of the molecule is Nc1ccc(C(=O)Nc2c(Br)cc(Br)cc2Br)cn1. The van der Waals surface area contributed by atoms with Crippen LogP contribution in [0.5, 0.6) is 0 Å². The first-order valence-electron chi connectivity index (χ1n) is 5.15. The molecule has 98 valence electrons. The number of hydrogen-bond donors (Lipinski definition) is 2. The van der Waals surface area contributed by atoms with E-state index in [1.165, 1.54) is 6.20 Å². The van der Waals surface area contributed by atoms with Crippen LogP contribution >= 0.6 is 47.8 Å². The Hall–Kier alpha value is -0.920. The van der Waals surface area contributed by atoms with Crippen LogP contribution in [0.2, 0.25) is 0 Å². The normalized spacial score (nSPS) is 10.3. The number of benzene rings is 1. The number of nitrogens with one attached hydrogen (secondary N) is 1. The van der Waals surface area contributed by atoms with Crippen LogP contribution in [0.25, 0.3) is 0 Å². The van der Waals surface area contributed by atoms with Crippen molar-refractivity contribution in [2.45, 2.75) is 0 Å². The lowest BCUT2D eigenvalue weighted by molar-refractivity contribution is 0.102. The molecule has 2 rings (SSSR count). The summed E-state index contributed by atoms with van der Waals surface area (Å²) in [6.45, 7) is 0. The molecule has 0 aliphatic carbocycles. The topological polar surface area (TPSA) is 68.0 Å². The van der Waals surface area contributed by atoms with Crippen LogP contribution in [0, 0.1) is 0 Å². The number of nitrogens with two attached hydrogens (primary N) is 1. The van der Waals surface area contributed by atoms with E-state index < -0.39 is 0 Å². The third-order valence-corrected chi connectivity index (χ3v) is 4.00. The maximum atomic E-state index is 12.1. The van der Waals surface area contributed by atoms with Crippen LogP contribution < -0.4 is 11.1 Å². The zero-order valence-electron chi connectivity index (χ0n) is 9.45. The molecule has 2 aromatic rings. The van der Waals surface area contributed by atoms with Gasteiger partial charge in [-0.15, -0.1) is 0 Å². The molecule has 1 aromatic heterocycles. The van der Waals surface area contributed by atoms with Crippen LogP contribution in [0.3, 0.4) is 0 Å². The Bertz CT molecular complexity index is 606. The molecule has 0 aliphatic rings. The molecule has 19 heavy (non-hydrogen) atoms. The fourth-order valence-corrected chi connectivity index (χ4v) is 3.84. The van der Waals surface area contributed by atoms with Crippen molar-refractivity contribution in [3.8, 4) is 0 Å². The van der Waals surface area contributed by atoms with Crippen LogP contribution in [0.15, 0.2) is 43.9 Å². The van der Waals surface area contributed by atoms with Crippen LogP contribution in [-0.2, 0) is 0 Å². The zero-order chi connectivity index (χ0) is 14.0. The smallest absolute Gasteiger partial charge is 0.257 e. The van der Waals surface area contributed by atoms with Gasteiger partial charge in [0.2, 0.25) is 0 Å². The van der Waals surface area contributed by atoms with E-state index in [-0.39, 0.29) is 5.91 Å². The molecule has 0 bridgehead atoms. The lowest BCUT2D eigenvalue weighted by Gasteiger charge is -2.10. The second-order valence-corrected chi connectivity index (χ2v) is 6.29. The maximum absolute atomic E-state index is 12.1. The first kappa shape index (κ1) is 14.5. The van der Waals surface area contributed by atoms with Crippen LogP contribution in [0.1, 0.15) is 10.4 Å². The molecule has 0 fully saturated rings. The lowest BCUT2D eigenvalue weighted by atomic mass is 10.2. The van der Waals surface area contributed by atoms with Gasteiger partial charge in [-0.2, -0.15) is 0 Å². The Labute approximate surface area is 135 Å². The van der Waals surface area contributed by atoms with E-state index in [1.807, 2.05) is 12.1 Å². The average molecular weight is 450 g/mol. The third kappa shape index (κ3) is 3.55. The highest BCUT2D eigenvalue weighted by molar-refractivity contribution is 9.11. The molecule has 0 unspecified atom stereocenters. The number of pyridine rings is 1. The summed E-state index contributed by atoms with van der Waals surface area (Å²) in [6, 6.07) is 6.90. The highest BCUT2D eigenvalue weighted by Gasteiger charge is 2.12. The zero-order valence-corrected chi connectivity index (χ0v) is 14.2. The molecule has 0 spiro atoms. The Morgan fingerprint density at radius 3 is 2.32 bits per heavy atom. The molecule has 0 saturated carbocycles. The number of carbonyl (C=O) groups excluding carboxylic acids is 1. The van der Waals surface area contributed by atoms with Gasteiger partial charge in [0.05, 0.1) is 11.3 Å². The van der Waals surface area contributed by atoms with Crippen molar-refractivity contribution >= 4 is 65.2 Å².